The number of methoxy groups -OCH3 is 2. The maximum absolute atomic E-state index is 13.8. The molecule has 2 aromatic rings. The van der Waals surface area contributed by atoms with Crippen LogP contribution >= 0.6 is 16.1 Å². The Hall–Kier alpha value is -2.80. The van der Waals surface area contributed by atoms with Gasteiger partial charge in [0.25, 0.3) is 0 Å². The summed E-state index contributed by atoms with van der Waals surface area (Å²) in [5.41, 5.74) is 3.56. The van der Waals surface area contributed by atoms with Crippen LogP contribution in [0.15, 0.2) is 39.9 Å². The predicted octanol–water partition coefficient (Wildman–Crippen LogP) is 7.71. The second kappa shape index (κ2) is 12.2. The number of amidine groups is 1. The zero-order valence-corrected chi connectivity index (χ0v) is 26.4. The minimum Gasteiger partial charge on any atom is -0.507 e. The van der Waals surface area contributed by atoms with Crippen molar-refractivity contribution in [2.45, 2.75) is 72.1 Å². The molecule has 1 N–H and O–H groups in total. The maximum Gasteiger partial charge on any atom is 0.182 e. The number of phenolic OH excluding ortho intramolecular Hbond substituents is 1. The van der Waals surface area contributed by atoms with Crippen LogP contribution < -0.4 is 9.47 Å². The van der Waals surface area contributed by atoms with Gasteiger partial charge in [-0.2, -0.15) is 4.02 Å². The summed E-state index contributed by atoms with van der Waals surface area (Å²) >= 11 is 3.35. The topological polar surface area (TPSA) is 71.4 Å². The summed E-state index contributed by atoms with van der Waals surface area (Å²) in [6, 6.07) is 9.47. The number of nitrogens with zero attached hydrogens (tertiary/aromatic N) is 2. The summed E-state index contributed by atoms with van der Waals surface area (Å²) in [6.45, 7) is 15.4. The van der Waals surface area contributed by atoms with Crippen LogP contribution in [0.4, 0.5) is 0 Å². The van der Waals surface area contributed by atoms with Gasteiger partial charge in [0.2, 0.25) is 0 Å². The molecular formula is C32H43BrN2O4. The molecule has 1 fully saturated rings. The SMILES string of the molecule is CCCC1CN(CC(=O)c2cc(C(C)(C)C)c(O)c(C(C)(C)C)c2)C(=N\Br)/C1=C/c1ccc(OC)cc1OC. The number of hydrogen-bond donors (Lipinski definition) is 1. The van der Waals surface area contributed by atoms with E-state index in [1.165, 1.54) is 0 Å². The summed E-state index contributed by atoms with van der Waals surface area (Å²) in [7, 11) is 3.28. The third-order valence-electron chi connectivity index (χ3n) is 7.29. The van der Waals surface area contributed by atoms with Crippen molar-refractivity contribution in [3.8, 4) is 17.2 Å². The number of ketones is 1. The molecular weight excluding hydrogens is 556 g/mol. The molecule has 0 bridgehead atoms. The zero-order chi connectivity index (χ0) is 29.1. The van der Waals surface area contributed by atoms with Crippen LogP contribution in [0.1, 0.15) is 88.4 Å². The van der Waals surface area contributed by atoms with Crippen molar-refractivity contribution in [3.05, 3.63) is 58.2 Å². The average molecular weight is 600 g/mol. The Kier molecular flexibility index (Phi) is 9.58. The summed E-state index contributed by atoms with van der Waals surface area (Å²) in [5, 5.41) is 11.1. The van der Waals surface area contributed by atoms with Crippen LogP contribution in [-0.4, -0.2) is 48.9 Å². The Morgan fingerprint density at radius 2 is 1.69 bits per heavy atom. The smallest absolute Gasteiger partial charge is 0.182 e. The number of phenols is 1. The minimum atomic E-state index is -0.309. The number of rotatable bonds is 8. The fourth-order valence-electron chi connectivity index (χ4n) is 5.14. The molecule has 7 heteroatoms. The number of hydrogen-bond acceptors (Lipinski definition) is 5. The van der Waals surface area contributed by atoms with Crippen LogP contribution in [0.25, 0.3) is 6.08 Å². The van der Waals surface area contributed by atoms with Crippen molar-refractivity contribution in [2.75, 3.05) is 27.3 Å². The summed E-state index contributed by atoms with van der Waals surface area (Å²) in [6.07, 6.45) is 4.10. The number of halogens is 1. The number of likely N-dealkylation sites (tertiary alicyclic amines) is 1. The van der Waals surface area contributed by atoms with E-state index in [2.05, 4.69) is 79.6 Å². The Morgan fingerprint density at radius 3 is 2.18 bits per heavy atom. The molecule has 1 aliphatic heterocycles. The fraction of sp³-hybridized carbons (Fsp3) is 0.500. The van der Waals surface area contributed by atoms with Crippen LogP contribution in [-0.2, 0) is 10.8 Å². The van der Waals surface area contributed by atoms with Gasteiger partial charge in [0, 0.05) is 46.4 Å². The lowest BCUT2D eigenvalue weighted by molar-refractivity contribution is 0.0963. The van der Waals surface area contributed by atoms with Crippen molar-refractivity contribution in [1.82, 2.24) is 4.90 Å². The highest BCUT2D eigenvalue weighted by atomic mass is 79.9. The zero-order valence-electron chi connectivity index (χ0n) is 24.8. The van der Waals surface area contributed by atoms with E-state index in [9.17, 15) is 9.90 Å². The molecule has 0 aromatic heterocycles. The van der Waals surface area contributed by atoms with E-state index in [0.29, 0.717) is 17.9 Å². The number of ether oxygens (including phenoxy) is 2. The number of Topliss-reactive ketones (excluding diaryl/α,β-unsaturated/α-hetero) is 1. The highest BCUT2D eigenvalue weighted by molar-refractivity contribution is 9.08. The van der Waals surface area contributed by atoms with Crippen LogP contribution in [0.3, 0.4) is 0 Å². The van der Waals surface area contributed by atoms with E-state index < -0.39 is 0 Å². The van der Waals surface area contributed by atoms with Crippen molar-refractivity contribution in [1.29, 1.82) is 0 Å². The van der Waals surface area contributed by atoms with Gasteiger partial charge >= 0.3 is 0 Å². The quantitative estimate of drug-likeness (QED) is 0.315. The maximum atomic E-state index is 13.8. The first-order valence-electron chi connectivity index (χ1n) is 13.5. The largest absolute Gasteiger partial charge is 0.507 e. The summed E-state index contributed by atoms with van der Waals surface area (Å²) < 4.78 is 15.5. The van der Waals surface area contributed by atoms with Crippen LogP contribution in [0, 0.1) is 5.92 Å². The van der Waals surface area contributed by atoms with E-state index in [0.717, 1.165) is 46.7 Å². The van der Waals surface area contributed by atoms with E-state index in [1.807, 2.05) is 30.3 Å². The molecule has 1 saturated heterocycles. The average Bonchev–Trinajstić information content (AvgIpc) is 3.18. The normalized spacial score (nSPS) is 18.2. The van der Waals surface area contributed by atoms with Crippen LogP contribution in [0.5, 0.6) is 17.2 Å². The number of carbonyl (C=O) groups is 1. The van der Waals surface area contributed by atoms with Crippen molar-refractivity contribution >= 4 is 33.8 Å². The van der Waals surface area contributed by atoms with E-state index >= 15 is 0 Å². The number of carbonyl (C=O) groups excluding carboxylic acids is 1. The number of benzene rings is 2. The van der Waals surface area contributed by atoms with Crippen LogP contribution in [0.2, 0.25) is 0 Å². The molecule has 1 heterocycles. The molecule has 3 rings (SSSR count). The van der Waals surface area contributed by atoms with Gasteiger partial charge in [-0.3, -0.25) is 4.79 Å². The first-order valence-corrected chi connectivity index (χ1v) is 14.2. The molecule has 0 aliphatic carbocycles. The molecule has 212 valence electrons. The van der Waals surface area contributed by atoms with Crippen molar-refractivity contribution in [2.24, 2.45) is 9.94 Å². The Balaban J connectivity index is 2.01. The first-order chi connectivity index (χ1) is 18.2. The molecule has 0 radical (unpaired) electrons. The Labute approximate surface area is 242 Å². The lowest BCUT2D eigenvalue weighted by atomic mass is 9.78. The van der Waals surface area contributed by atoms with Crippen molar-refractivity contribution < 1.29 is 19.4 Å². The molecule has 39 heavy (non-hydrogen) atoms. The minimum absolute atomic E-state index is 0.00169. The molecule has 2 aromatic carbocycles. The lowest BCUT2D eigenvalue weighted by Gasteiger charge is -2.28. The van der Waals surface area contributed by atoms with Gasteiger partial charge < -0.3 is 19.5 Å². The second-order valence-electron chi connectivity index (χ2n) is 12.3. The molecule has 1 atom stereocenters. The van der Waals surface area contributed by atoms with Gasteiger partial charge in [0.1, 0.15) is 23.1 Å². The second-order valence-corrected chi connectivity index (χ2v) is 12.7. The first kappa shape index (κ1) is 30.7. The lowest BCUT2D eigenvalue weighted by Crippen LogP contribution is -2.32. The van der Waals surface area contributed by atoms with Gasteiger partial charge in [-0.25, -0.2) is 0 Å². The van der Waals surface area contributed by atoms with E-state index in [4.69, 9.17) is 9.47 Å². The van der Waals surface area contributed by atoms with E-state index in [1.54, 1.807) is 14.2 Å². The third-order valence-corrected chi connectivity index (χ3v) is 7.63. The summed E-state index contributed by atoms with van der Waals surface area (Å²) in [5.74, 6) is 2.70. The monoisotopic (exact) mass is 598 g/mol. The molecule has 6 nitrogen and oxygen atoms in total. The predicted molar refractivity (Wildman–Crippen MR) is 164 cm³/mol. The van der Waals surface area contributed by atoms with Gasteiger partial charge in [-0.05, 0) is 47.6 Å². The third kappa shape index (κ3) is 6.86. The van der Waals surface area contributed by atoms with Gasteiger partial charge in [0.15, 0.2) is 5.78 Å². The van der Waals surface area contributed by atoms with Crippen molar-refractivity contribution in [3.63, 3.8) is 0 Å². The highest BCUT2D eigenvalue weighted by Crippen LogP contribution is 2.40. The molecule has 0 spiro atoms. The highest BCUT2D eigenvalue weighted by Gasteiger charge is 2.35. The molecule has 0 saturated carbocycles. The van der Waals surface area contributed by atoms with Gasteiger partial charge in [0.05, 0.1) is 36.9 Å². The molecule has 1 aliphatic rings. The fourth-order valence-corrected chi connectivity index (χ4v) is 5.57. The Bertz CT molecular complexity index is 1230. The van der Waals surface area contributed by atoms with Gasteiger partial charge in [-0.15, -0.1) is 0 Å². The van der Waals surface area contributed by atoms with Gasteiger partial charge in [-0.1, -0.05) is 54.9 Å². The molecule has 1 unspecified atom stereocenters. The summed E-state index contributed by atoms with van der Waals surface area (Å²) in [4.78, 5) is 15.8. The van der Waals surface area contributed by atoms with E-state index in [-0.39, 0.29) is 34.8 Å². The number of aromatic hydroxyl groups is 1. The molecule has 0 amide bonds. The Morgan fingerprint density at radius 1 is 1.08 bits per heavy atom. The standard InChI is InChI=1S/C32H43BrN2O4/c1-10-11-21-18-35(30(34-33)24(21)14-20-12-13-23(38-8)17-28(20)39-9)19-27(36)22-15-25(31(2,3)4)29(37)26(16-22)32(5,6)7/h12-17,21,37H,10-11,18-19H2,1-9H3/b24-14+,34-30-.